The molecule has 7 rings (SSSR count). The molecule has 0 spiro atoms. The molecule has 11 heteroatoms. The standard InChI is InChI=1S/C34H29Cl2N3O6/c1-38-31(43)33(35)17-23-21(28(34(33,36)32(38)44)27-24(40)9-6-10-25(27)45-2)15-16-22-26(23)30(42)39(29(22)41)20-13-11-19(12-14-20)37-18-7-4-3-5-8-18/h3-15,22-23,26,28,37,40H,16-17H2,1-2H3/t22-,23+,26-,28+,33+,34-/m0/s1. The third-order valence-electron chi connectivity index (χ3n) is 9.75. The quantitative estimate of drug-likeness (QED) is 0.219. The first kappa shape index (κ1) is 29.4. The third kappa shape index (κ3) is 3.99. The molecule has 4 amide bonds. The van der Waals surface area contributed by atoms with Gasteiger partial charge in [-0.2, -0.15) is 0 Å². The van der Waals surface area contributed by atoms with E-state index in [9.17, 15) is 24.3 Å². The van der Waals surface area contributed by atoms with Crippen molar-refractivity contribution < 1.29 is 29.0 Å². The van der Waals surface area contributed by atoms with Gasteiger partial charge in [0.25, 0.3) is 11.8 Å². The zero-order valence-electron chi connectivity index (χ0n) is 24.4. The van der Waals surface area contributed by atoms with E-state index in [1.165, 1.54) is 25.1 Å². The summed E-state index contributed by atoms with van der Waals surface area (Å²) in [4.78, 5) is 53.7. The molecule has 3 aromatic rings. The van der Waals surface area contributed by atoms with E-state index < -0.39 is 51.1 Å². The second kappa shape index (κ2) is 10.4. The number of hydrogen-bond acceptors (Lipinski definition) is 7. The molecule has 2 heterocycles. The molecule has 0 aromatic heterocycles. The Morgan fingerprint density at radius 3 is 2.24 bits per heavy atom. The molecule has 0 unspecified atom stereocenters. The lowest BCUT2D eigenvalue weighted by molar-refractivity contribution is -0.138. The number of anilines is 3. The van der Waals surface area contributed by atoms with Gasteiger partial charge < -0.3 is 15.2 Å². The minimum Gasteiger partial charge on any atom is -0.508 e. The maximum absolute atomic E-state index is 14.3. The Bertz CT molecular complexity index is 1800. The number of methoxy groups -OCH3 is 1. The number of ether oxygens (including phenoxy) is 1. The Kier molecular flexibility index (Phi) is 6.76. The Hall–Kier alpha value is -4.34. The number of fused-ring (bicyclic) bond motifs is 4. The van der Waals surface area contributed by atoms with Crippen molar-refractivity contribution in [2.75, 3.05) is 24.4 Å². The highest BCUT2D eigenvalue weighted by Gasteiger charge is 2.76. The lowest BCUT2D eigenvalue weighted by atomic mass is 9.56. The van der Waals surface area contributed by atoms with Crippen LogP contribution in [0.4, 0.5) is 17.1 Å². The molecule has 2 aliphatic heterocycles. The maximum Gasteiger partial charge on any atom is 0.253 e. The fraction of sp³-hybridized carbons (Fsp3) is 0.294. The number of alkyl halides is 2. The van der Waals surface area contributed by atoms with Crippen LogP contribution in [0.3, 0.4) is 0 Å². The van der Waals surface area contributed by atoms with Crippen LogP contribution in [0.2, 0.25) is 0 Å². The molecule has 2 saturated heterocycles. The Morgan fingerprint density at radius 1 is 0.867 bits per heavy atom. The Balaban J connectivity index is 1.30. The molecule has 3 aromatic carbocycles. The summed E-state index contributed by atoms with van der Waals surface area (Å²) in [6.07, 6.45) is 1.89. The van der Waals surface area contributed by atoms with Crippen molar-refractivity contribution in [3.8, 4) is 11.5 Å². The van der Waals surface area contributed by atoms with E-state index in [1.54, 1.807) is 36.4 Å². The fourth-order valence-corrected chi connectivity index (χ4v) is 8.70. The van der Waals surface area contributed by atoms with Crippen LogP contribution in [-0.2, 0) is 19.2 Å². The molecule has 230 valence electrons. The average Bonchev–Trinajstić information content (AvgIpc) is 3.37. The summed E-state index contributed by atoms with van der Waals surface area (Å²) >= 11 is 14.4. The minimum atomic E-state index is -2.02. The highest BCUT2D eigenvalue weighted by molar-refractivity contribution is 6.53. The smallest absolute Gasteiger partial charge is 0.253 e. The monoisotopic (exact) mass is 645 g/mol. The van der Waals surface area contributed by atoms with Gasteiger partial charge in [-0.3, -0.25) is 29.0 Å². The van der Waals surface area contributed by atoms with Crippen molar-refractivity contribution >= 4 is 63.9 Å². The summed E-state index contributed by atoms with van der Waals surface area (Å²) in [6.45, 7) is 0. The number of halogens is 2. The highest BCUT2D eigenvalue weighted by atomic mass is 35.5. The number of carbonyl (C=O) groups excluding carboxylic acids is 4. The number of allylic oxidation sites excluding steroid dienone is 2. The van der Waals surface area contributed by atoms with E-state index >= 15 is 0 Å². The molecular weight excluding hydrogens is 617 g/mol. The molecule has 0 bridgehead atoms. The lowest BCUT2D eigenvalue weighted by Gasteiger charge is -2.50. The van der Waals surface area contributed by atoms with E-state index in [2.05, 4.69) is 5.32 Å². The van der Waals surface area contributed by atoms with Crippen LogP contribution in [0.1, 0.15) is 24.3 Å². The van der Waals surface area contributed by atoms with Gasteiger partial charge >= 0.3 is 0 Å². The van der Waals surface area contributed by atoms with Crippen LogP contribution in [0.5, 0.6) is 11.5 Å². The summed E-state index contributed by atoms with van der Waals surface area (Å²) in [5.74, 6) is -5.51. The second-order valence-electron chi connectivity index (χ2n) is 11.9. The van der Waals surface area contributed by atoms with Crippen LogP contribution < -0.4 is 15.0 Å². The largest absolute Gasteiger partial charge is 0.508 e. The first-order chi connectivity index (χ1) is 21.5. The average molecular weight is 647 g/mol. The van der Waals surface area contributed by atoms with Crippen molar-refractivity contribution in [2.45, 2.75) is 28.5 Å². The van der Waals surface area contributed by atoms with Gasteiger partial charge in [0.1, 0.15) is 11.5 Å². The van der Waals surface area contributed by atoms with Gasteiger partial charge in [-0.15, -0.1) is 23.2 Å². The topological polar surface area (TPSA) is 116 Å². The molecule has 9 nitrogen and oxygen atoms in total. The highest BCUT2D eigenvalue weighted by Crippen LogP contribution is 2.66. The van der Waals surface area contributed by atoms with E-state index in [4.69, 9.17) is 27.9 Å². The van der Waals surface area contributed by atoms with Crippen LogP contribution in [0.15, 0.2) is 84.4 Å². The van der Waals surface area contributed by atoms with Crippen molar-refractivity contribution in [3.63, 3.8) is 0 Å². The predicted molar refractivity (Wildman–Crippen MR) is 169 cm³/mol. The molecule has 4 aliphatic rings. The molecule has 0 radical (unpaired) electrons. The number of likely N-dealkylation sites (tertiary alicyclic amines) is 1. The summed E-state index contributed by atoms with van der Waals surface area (Å²) in [5.41, 5.74) is 2.87. The van der Waals surface area contributed by atoms with Crippen molar-refractivity contribution in [3.05, 3.63) is 90.0 Å². The summed E-state index contributed by atoms with van der Waals surface area (Å²) in [6, 6.07) is 21.3. The van der Waals surface area contributed by atoms with Crippen LogP contribution in [0.25, 0.3) is 0 Å². The van der Waals surface area contributed by atoms with Crippen molar-refractivity contribution in [2.24, 2.45) is 17.8 Å². The van der Waals surface area contributed by atoms with Gasteiger partial charge in [0, 0.05) is 29.9 Å². The number of aromatic hydroxyl groups is 1. The van der Waals surface area contributed by atoms with Crippen molar-refractivity contribution in [1.82, 2.24) is 4.90 Å². The number of rotatable bonds is 5. The molecule has 2 aliphatic carbocycles. The zero-order valence-corrected chi connectivity index (χ0v) is 25.9. The molecule has 1 saturated carbocycles. The number of para-hydroxylation sites is 1. The number of imide groups is 2. The van der Waals surface area contributed by atoms with E-state index in [0.29, 0.717) is 11.3 Å². The number of hydrogen-bond donors (Lipinski definition) is 2. The number of amides is 4. The SMILES string of the molecule is COc1cccc(O)c1[C@H]1C2=CC[C@@H]3C(=O)N(c4ccc(Nc5ccccc5)cc4)C(=O)[C@@H]3[C@@H]2C[C@@]2(Cl)C(=O)N(C)C(=O)[C@@]12Cl. The van der Waals surface area contributed by atoms with E-state index in [1.807, 2.05) is 36.4 Å². The molecule has 2 N–H and O–H groups in total. The summed E-state index contributed by atoms with van der Waals surface area (Å²) < 4.78 is 5.59. The number of nitrogens with zero attached hydrogens (tertiary/aromatic N) is 2. The number of carbonyl (C=O) groups is 4. The number of nitrogens with one attached hydrogen (secondary N) is 1. The van der Waals surface area contributed by atoms with E-state index in [0.717, 1.165) is 16.3 Å². The second-order valence-corrected chi connectivity index (χ2v) is 13.2. The Morgan fingerprint density at radius 2 is 1.56 bits per heavy atom. The first-order valence-electron chi connectivity index (χ1n) is 14.6. The van der Waals surface area contributed by atoms with Gasteiger partial charge in [-0.25, -0.2) is 0 Å². The molecule has 45 heavy (non-hydrogen) atoms. The van der Waals surface area contributed by atoms with Crippen LogP contribution in [-0.4, -0.2) is 57.5 Å². The Labute approximate surface area is 269 Å². The summed E-state index contributed by atoms with van der Waals surface area (Å²) in [5, 5.41) is 14.4. The number of benzene rings is 3. The van der Waals surface area contributed by atoms with Crippen molar-refractivity contribution in [1.29, 1.82) is 0 Å². The minimum absolute atomic E-state index is 0.140. The number of phenols is 1. The first-order valence-corrected chi connectivity index (χ1v) is 15.3. The van der Waals surface area contributed by atoms with E-state index in [-0.39, 0.29) is 35.8 Å². The van der Waals surface area contributed by atoms with Gasteiger partial charge in [0.15, 0.2) is 9.75 Å². The molecule has 3 fully saturated rings. The van der Waals surface area contributed by atoms with Gasteiger partial charge in [-0.05, 0) is 67.3 Å². The van der Waals surface area contributed by atoms with Gasteiger partial charge in [0.2, 0.25) is 11.8 Å². The third-order valence-corrected chi connectivity index (χ3v) is 11.2. The van der Waals surface area contributed by atoms with Crippen LogP contribution in [0, 0.1) is 17.8 Å². The number of phenolic OH excluding ortho intramolecular Hbond substituents is 1. The zero-order chi connectivity index (χ0) is 31.8. The predicted octanol–water partition coefficient (Wildman–Crippen LogP) is 5.34. The van der Waals surface area contributed by atoms with Gasteiger partial charge in [0.05, 0.1) is 24.6 Å². The summed E-state index contributed by atoms with van der Waals surface area (Å²) in [7, 11) is 2.74. The fourth-order valence-electron chi connectivity index (χ4n) is 7.70. The lowest BCUT2D eigenvalue weighted by Crippen LogP contribution is -2.60. The normalized spacial score (nSPS) is 30.5. The molecule has 6 atom stereocenters. The van der Waals surface area contributed by atoms with Gasteiger partial charge in [-0.1, -0.05) is 35.9 Å². The maximum atomic E-state index is 14.3. The van der Waals surface area contributed by atoms with Crippen LogP contribution >= 0.6 is 23.2 Å². The molecular formula is C34H29Cl2N3O6.